The van der Waals surface area contributed by atoms with Crippen molar-refractivity contribution in [3.63, 3.8) is 0 Å². The molecule has 0 spiro atoms. The molecule has 1 aromatic heterocycles. The van der Waals surface area contributed by atoms with Gasteiger partial charge >= 0.3 is 12.1 Å². The number of aliphatic carboxylic acids is 1. The number of amides is 1. The van der Waals surface area contributed by atoms with E-state index in [1.807, 2.05) is 0 Å². The predicted molar refractivity (Wildman–Crippen MR) is 140 cm³/mol. The molecule has 3 N–H and O–H groups in total. The summed E-state index contributed by atoms with van der Waals surface area (Å²) in [6.45, 7) is 0.121. The number of allylic oxidation sites excluding steroid dienone is 1. The Kier molecular flexibility index (Phi) is 10.2. The maximum absolute atomic E-state index is 15.5. The number of nitrogens with one attached hydrogen (secondary N) is 2. The fraction of sp³-hybridized carbons (Fsp3) is 0.577. The lowest BCUT2D eigenvalue weighted by molar-refractivity contribution is -0.145. The SMILES string of the molecule is C[C@@H]1C[C@@H](N/C(=C(\C=N)C(=O)N(CC(=O)c2c(Cl)cncc2Cl)CC2(F)CCCC2)C(F)(F)F)CC[C@@H]1C(=O)O. The molecule has 0 unspecified atom stereocenters. The molecular formula is C26H30Cl2F4N4O4. The molecule has 1 aromatic rings. The number of hydrogen-bond acceptors (Lipinski definition) is 6. The van der Waals surface area contributed by atoms with Crippen LogP contribution in [-0.4, -0.2) is 69.8 Å². The maximum atomic E-state index is 15.5. The summed E-state index contributed by atoms with van der Waals surface area (Å²) in [5.41, 5.74) is -4.74. The van der Waals surface area contributed by atoms with Crippen LogP contribution in [0.3, 0.4) is 0 Å². The van der Waals surface area contributed by atoms with Gasteiger partial charge in [-0.2, -0.15) is 13.2 Å². The number of alkyl halides is 4. The average molecular weight is 609 g/mol. The minimum absolute atomic E-state index is 0.0560. The summed E-state index contributed by atoms with van der Waals surface area (Å²) in [4.78, 5) is 42.5. The Balaban J connectivity index is 1.97. The molecule has 3 rings (SSSR count). The lowest BCUT2D eigenvalue weighted by Gasteiger charge is -2.34. The smallest absolute Gasteiger partial charge is 0.431 e. The molecule has 3 atom stereocenters. The number of Topliss-reactive ketones (excluding diaryl/α,β-unsaturated/α-hetero) is 1. The van der Waals surface area contributed by atoms with E-state index in [2.05, 4.69) is 10.3 Å². The van der Waals surface area contributed by atoms with Gasteiger partial charge in [0.05, 0.1) is 40.2 Å². The highest BCUT2D eigenvalue weighted by molar-refractivity contribution is 6.39. The average Bonchev–Trinajstić information content (AvgIpc) is 3.28. The van der Waals surface area contributed by atoms with Crippen LogP contribution in [0.2, 0.25) is 10.0 Å². The Bertz CT molecular complexity index is 1170. The molecule has 1 heterocycles. The number of rotatable bonds is 10. The molecule has 1 amide bonds. The van der Waals surface area contributed by atoms with E-state index >= 15 is 4.39 Å². The number of ketones is 1. The Morgan fingerprint density at radius 3 is 2.30 bits per heavy atom. The minimum atomic E-state index is -5.11. The number of aromatic nitrogens is 1. The summed E-state index contributed by atoms with van der Waals surface area (Å²) in [6, 6.07) is -0.822. The van der Waals surface area contributed by atoms with Gasteiger partial charge in [0, 0.05) is 24.7 Å². The van der Waals surface area contributed by atoms with Gasteiger partial charge in [-0.1, -0.05) is 43.0 Å². The van der Waals surface area contributed by atoms with E-state index in [1.54, 1.807) is 6.92 Å². The summed E-state index contributed by atoms with van der Waals surface area (Å²) in [5, 5.41) is 19.1. The van der Waals surface area contributed by atoms with Gasteiger partial charge in [0.15, 0.2) is 5.78 Å². The number of carboxylic acid groups (broad SMARTS) is 1. The lowest BCUT2D eigenvalue weighted by atomic mass is 9.78. The van der Waals surface area contributed by atoms with Crippen molar-refractivity contribution in [3.8, 4) is 0 Å². The van der Waals surface area contributed by atoms with Crippen LogP contribution in [0.5, 0.6) is 0 Å². The largest absolute Gasteiger partial charge is 0.481 e. The first-order chi connectivity index (χ1) is 18.7. The van der Waals surface area contributed by atoms with Gasteiger partial charge in [-0.3, -0.25) is 19.4 Å². The molecule has 2 saturated carbocycles. The zero-order chi connectivity index (χ0) is 29.8. The first-order valence-electron chi connectivity index (χ1n) is 12.8. The number of pyridine rings is 1. The highest BCUT2D eigenvalue weighted by atomic mass is 35.5. The number of hydrogen-bond donors (Lipinski definition) is 3. The summed E-state index contributed by atoms with van der Waals surface area (Å²) in [6.07, 6.45) is -1.17. The predicted octanol–water partition coefficient (Wildman–Crippen LogP) is 5.63. The van der Waals surface area contributed by atoms with E-state index in [4.69, 9.17) is 28.6 Å². The van der Waals surface area contributed by atoms with Crippen LogP contribution in [0.1, 0.15) is 62.2 Å². The molecule has 0 radical (unpaired) electrons. The van der Waals surface area contributed by atoms with Crippen LogP contribution in [0.4, 0.5) is 17.6 Å². The van der Waals surface area contributed by atoms with Crippen LogP contribution in [0, 0.1) is 17.2 Å². The third-order valence-electron chi connectivity index (χ3n) is 7.49. The van der Waals surface area contributed by atoms with Crippen molar-refractivity contribution in [2.75, 3.05) is 13.1 Å². The monoisotopic (exact) mass is 608 g/mol. The van der Waals surface area contributed by atoms with Crippen molar-refractivity contribution in [1.29, 1.82) is 5.41 Å². The Labute approximate surface area is 238 Å². The van der Waals surface area contributed by atoms with Crippen molar-refractivity contribution < 1.29 is 37.1 Å². The molecule has 0 saturated heterocycles. The van der Waals surface area contributed by atoms with Crippen LogP contribution < -0.4 is 5.32 Å². The van der Waals surface area contributed by atoms with E-state index in [-0.39, 0.29) is 53.9 Å². The van der Waals surface area contributed by atoms with E-state index in [9.17, 15) is 32.7 Å². The summed E-state index contributed by atoms with van der Waals surface area (Å²) in [5.74, 6) is -4.37. The van der Waals surface area contributed by atoms with E-state index < -0.39 is 71.7 Å². The summed E-state index contributed by atoms with van der Waals surface area (Å²) in [7, 11) is 0. The number of carboxylic acids is 1. The normalized spacial score (nSPS) is 23.2. The van der Waals surface area contributed by atoms with E-state index in [0.29, 0.717) is 17.7 Å². The van der Waals surface area contributed by atoms with Crippen molar-refractivity contribution in [3.05, 3.63) is 39.3 Å². The van der Waals surface area contributed by atoms with Crippen LogP contribution in [0.25, 0.3) is 0 Å². The lowest BCUT2D eigenvalue weighted by Crippen LogP contribution is -2.47. The van der Waals surface area contributed by atoms with Crippen molar-refractivity contribution in [1.82, 2.24) is 15.2 Å². The molecule has 8 nitrogen and oxygen atoms in total. The molecule has 2 aliphatic carbocycles. The first kappa shape index (κ1) is 31.8. The molecule has 2 fully saturated rings. The maximum Gasteiger partial charge on any atom is 0.431 e. The summed E-state index contributed by atoms with van der Waals surface area (Å²) < 4.78 is 58.4. The zero-order valence-corrected chi connectivity index (χ0v) is 23.2. The quantitative estimate of drug-likeness (QED) is 0.137. The van der Waals surface area contributed by atoms with Crippen molar-refractivity contribution in [2.24, 2.45) is 11.8 Å². The molecule has 0 aromatic carbocycles. The summed E-state index contributed by atoms with van der Waals surface area (Å²) >= 11 is 12.1. The Hall–Kier alpha value is -2.73. The number of carbonyl (C=O) groups is 3. The second kappa shape index (κ2) is 12.8. The third kappa shape index (κ3) is 7.51. The van der Waals surface area contributed by atoms with E-state index in [1.165, 1.54) is 0 Å². The van der Waals surface area contributed by atoms with Gasteiger partial charge in [-0.05, 0) is 38.0 Å². The molecule has 0 bridgehead atoms. The van der Waals surface area contributed by atoms with E-state index in [0.717, 1.165) is 12.4 Å². The highest BCUT2D eigenvalue weighted by Crippen LogP contribution is 2.36. The fourth-order valence-electron chi connectivity index (χ4n) is 5.46. The van der Waals surface area contributed by atoms with Gasteiger partial charge < -0.3 is 20.7 Å². The fourth-order valence-corrected chi connectivity index (χ4v) is 6.04. The van der Waals surface area contributed by atoms with Crippen LogP contribution in [0.15, 0.2) is 23.7 Å². The number of carbonyl (C=O) groups excluding carboxylic acids is 2. The third-order valence-corrected chi connectivity index (χ3v) is 8.06. The number of halogens is 6. The topological polar surface area (TPSA) is 123 Å². The van der Waals surface area contributed by atoms with Gasteiger partial charge in [-0.25, -0.2) is 4.39 Å². The Morgan fingerprint density at radius 1 is 1.20 bits per heavy atom. The molecule has 14 heteroatoms. The minimum Gasteiger partial charge on any atom is -0.481 e. The highest BCUT2D eigenvalue weighted by Gasteiger charge is 2.44. The molecule has 2 aliphatic rings. The van der Waals surface area contributed by atoms with Crippen molar-refractivity contribution in [2.45, 2.75) is 69.8 Å². The molecule has 220 valence electrons. The second-order valence-corrected chi connectivity index (χ2v) is 11.2. The van der Waals surface area contributed by atoms with Gasteiger partial charge in [0.25, 0.3) is 5.91 Å². The Morgan fingerprint density at radius 2 is 1.80 bits per heavy atom. The second-order valence-electron chi connectivity index (χ2n) is 10.4. The zero-order valence-electron chi connectivity index (χ0n) is 21.7. The van der Waals surface area contributed by atoms with Crippen LogP contribution in [-0.2, 0) is 9.59 Å². The van der Waals surface area contributed by atoms with Gasteiger partial charge in [0.1, 0.15) is 11.4 Å². The molecule has 0 aliphatic heterocycles. The first-order valence-corrected chi connectivity index (χ1v) is 13.5. The number of nitrogens with zero attached hydrogens (tertiary/aromatic N) is 2. The standard InChI is InChI=1S/C26H30Cl2F4N4O4/c1-14-8-15(4-5-16(14)24(39)40)35-22(26(30,31)32)17(9-33)23(38)36(13-25(29)6-2-3-7-25)12-20(37)21-18(27)10-34-11-19(21)28/h9-11,14-16,33,35H,2-8,12-13H2,1H3,(H,39,40)/b22-17+,33-9?/t14-,15+,16+/m1/s1. The van der Waals surface area contributed by atoms with Crippen molar-refractivity contribution >= 4 is 47.1 Å². The van der Waals surface area contributed by atoms with Crippen LogP contribution >= 0.6 is 23.2 Å². The van der Waals surface area contributed by atoms with Gasteiger partial charge in [0.2, 0.25) is 0 Å². The van der Waals surface area contributed by atoms with Gasteiger partial charge in [-0.15, -0.1) is 0 Å². The molecule has 40 heavy (non-hydrogen) atoms. The molecular weight excluding hydrogens is 579 g/mol.